The molecule has 0 atom stereocenters. The van der Waals surface area contributed by atoms with Crippen LogP contribution in [-0.2, 0) is 0 Å². The van der Waals surface area contributed by atoms with E-state index in [9.17, 15) is 13.6 Å². The largest absolute Gasteiger partial charge is 0.586 e. The molecule has 122 valence electrons. The van der Waals surface area contributed by atoms with Crippen molar-refractivity contribution < 1.29 is 23.0 Å². The van der Waals surface area contributed by atoms with Gasteiger partial charge in [-0.2, -0.15) is 0 Å². The number of halogens is 3. The molecule has 0 fully saturated rings. The lowest BCUT2D eigenvalue weighted by atomic mass is 10.2. The van der Waals surface area contributed by atoms with Crippen molar-refractivity contribution in [3.05, 3.63) is 52.6 Å². The van der Waals surface area contributed by atoms with Crippen molar-refractivity contribution in [2.75, 3.05) is 5.32 Å². The molecule has 24 heavy (non-hydrogen) atoms. The van der Waals surface area contributed by atoms with Gasteiger partial charge in [-0.25, -0.2) is 0 Å². The fraction of sp³-hybridized carbons (Fsp3) is 0.0625. The Labute approximate surface area is 142 Å². The number of benzene rings is 2. The minimum absolute atomic E-state index is 0.0789. The summed E-state index contributed by atoms with van der Waals surface area (Å²) in [6, 6.07) is 11.5. The van der Waals surface area contributed by atoms with Gasteiger partial charge in [-0.1, -0.05) is 18.2 Å². The Morgan fingerprint density at radius 1 is 1.12 bits per heavy atom. The summed E-state index contributed by atoms with van der Waals surface area (Å²) in [6.45, 7) is 0. The quantitative estimate of drug-likeness (QED) is 0.672. The lowest BCUT2D eigenvalue weighted by molar-refractivity contribution is -0.286. The predicted molar refractivity (Wildman–Crippen MR) is 86.6 cm³/mol. The number of H-pyrrole nitrogens is 1. The maximum Gasteiger partial charge on any atom is 0.586 e. The van der Waals surface area contributed by atoms with Crippen LogP contribution < -0.4 is 14.8 Å². The number of carbonyl (C=O) groups is 1. The topological polar surface area (TPSA) is 63.4 Å². The zero-order valence-electron chi connectivity index (χ0n) is 11.9. The van der Waals surface area contributed by atoms with Gasteiger partial charge in [-0.05, 0) is 34.1 Å². The fourth-order valence-electron chi connectivity index (χ4n) is 2.48. The van der Waals surface area contributed by atoms with Crippen LogP contribution in [0.15, 0.2) is 46.9 Å². The van der Waals surface area contributed by atoms with Crippen LogP contribution in [0, 0.1) is 0 Å². The second-order valence-corrected chi connectivity index (χ2v) is 5.94. The van der Waals surface area contributed by atoms with E-state index in [2.05, 4.69) is 35.7 Å². The fourth-order valence-corrected chi connectivity index (χ4v) is 3.11. The van der Waals surface area contributed by atoms with Crippen molar-refractivity contribution in [2.45, 2.75) is 6.29 Å². The minimum atomic E-state index is -3.69. The monoisotopic (exact) mass is 394 g/mol. The number of ether oxygens (including phenoxy) is 2. The third-order valence-corrected chi connectivity index (χ3v) is 4.35. The van der Waals surface area contributed by atoms with E-state index in [4.69, 9.17) is 0 Å². The third-order valence-electron chi connectivity index (χ3n) is 3.53. The van der Waals surface area contributed by atoms with Crippen LogP contribution >= 0.6 is 15.9 Å². The Morgan fingerprint density at radius 2 is 1.88 bits per heavy atom. The molecule has 0 unspecified atom stereocenters. The van der Waals surface area contributed by atoms with Crippen LogP contribution in [-0.4, -0.2) is 17.2 Å². The number of nitrogens with one attached hydrogen (secondary N) is 2. The van der Waals surface area contributed by atoms with Gasteiger partial charge < -0.3 is 19.8 Å². The number of carbonyl (C=O) groups excluding carboxylic acids is 1. The summed E-state index contributed by atoms with van der Waals surface area (Å²) in [4.78, 5) is 15.5. The van der Waals surface area contributed by atoms with Crippen LogP contribution in [0.4, 0.5) is 14.5 Å². The Morgan fingerprint density at radius 3 is 2.67 bits per heavy atom. The summed E-state index contributed by atoms with van der Waals surface area (Å²) in [6.07, 6.45) is -3.69. The van der Waals surface area contributed by atoms with Gasteiger partial charge in [-0.15, -0.1) is 8.78 Å². The summed E-state index contributed by atoms with van der Waals surface area (Å²) < 4.78 is 35.4. The van der Waals surface area contributed by atoms with Gasteiger partial charge in [0.05, 0.1) is 4.47 Å². The SMILES string of the molecule is O=C(Nc1ccc2c(c1)OC(F)(F)O2)c1[nH]c2ccccc2c1Br. The molecule has 0 bridgehead atoms. The summed E-state index contributed by atoms with van der Waals surface area (Å²) >= 11 is 3.39. The lowest BCUT2D eigenvalue weighted by Gasteiger charge is -2.05. The van der Waals surface area contributed by atoms with Gasteiger partial charge >= 0.3 is 6.29 Å². The average molecular weight is 395 g/mol. The molecule has 2 N–H and O–H groups in total. The normalized spacial score (nSPS) is 14.8. The van der Waals surface area contributed by atoms with E-state index in [0.717, 1.165) is 10.9 Å². The molecule has 4 rings (SSSR count). The second kappa shape index (κ2) is 5.20. The van der Waals surface area contributed by atoms with E-state index in [1.807, 2.05) is 24.3 Å². The van der Waals surface area contributed by atoms with E-state index < -0.39 is 12.2 Å². The molecule has 1 aliphatic rings. The van der Waals surface area contributed by atoms with Crippen LogP contribution in [0.25, 0.3) is 10.9 Å². The number of aromatic nitrogens is 1. The smallest absolute Gasteiger partial charge is 0.395 e. The highest BCUT2D eigenvalue weighted by Gasteiger charge is 2.43. The van der Waals surface area contributed by atoms with Gasteiger partial charge in [0.2, 0.25) is 0 Å². The molecule has 0 aliphatic carbocycles. The molecule has 1 aromatic heterocycles. The Bertz CT molecular complexity index is 971. The van der Waals surface area contributed by atoms with Crippen LogP contribution in [0.2, 0.25) is 0 Å². The standard InChI is InChI=1S/C16H9BrF2N2O3/c17-13-9-3-1-2-4-10(9)21-14(13)15(22)20-8-5-6-11-12(7-8)24-16(18,19)23-11/h1-7,21H,(H,20,22). The van der Waals surface area contributed by atoms with Gasteiger partial charge in [0, 0.05) is 22.7 Å². The first-order chi connectivity index (χ1) is 11.4. The van der Waals surface area contributed by atoms with Gasteiger partial charge in [-0.3, -0.25) is 4.79 Å². The van der Waals surface area contributed by atoms with E-state index in [1.165, 1.54) is 18.2 Å². The summed E-state index contributed by atoms with van der Waals surface area (Å²) in [7, 11) is 0. The molecule has 0 spiro atoms. The first-order valence-corrected chi connectivity index (χ1v) is 7.70. The van der Waals surface area contributed by atoms with Crippen molar-refractivity contribution in [2.24, 2.45) is 0 Å². The molecule has 3 aromatic rings. The second-order valence-electron chi connectivity index (χ2n) is 5.14. The molecule has 2 heterocycles. The number of hydrogen-bond donors (Lipinski definition) is 2. The number of para-hydroxylation sites is 1. The highest BCUT2D eigenvalue weighted by atomic mass is 79.9. The molecule has 0 radical (unpaired) electrons. The molecule has 1 aliphatic heterocycles. The highest BCUT2D eigenvalue weighted by molar-refractivity contribution is 9.10. The number of hydrogen-bond acceptors (Lipinski definition) is 3. The van der Waals surface area contributed by atoms with E-state index in [1.54, 1.807) is 0 Å². The Balaban J connectivity index is 1.62. The van der Waals surface area contributed by atoms with E-state index >= 15 is 0 Å². The van der Waals surface area contributed by atoms with Crippen LogP contribution in [0.3, 0.4) is 0 Å². The maximum absolute atomic E-state index is 13.0. The Hall–Kier alpha value is -2.61. The first kappa shape index (κ1) is 14.9. The van der Waals surface area contributed by atoms with Crippen LogP contribution in [0.1, 0.15) is 10.5 Å². The summed E-state index contributed by atoms with van der Waals surface area (Å²) in [5.74, 6) is -0.623. The third kappa shape index (κ3) is 2.48. The number of alkyl halides is 2. The number of rotatable bonds is 2. The molecule has 2 aromatic carbocycles. The number of aromatic amines is 1. The Kier molecular flexibility index (Phi) is 3.24. The lowest BCUT2D eigenvalue weighted by Crippen LogP contribution is -2.25. The number of fused-ring (bicyclic) bond motifs is 2. The number of anilines is 1. The van der Waals surface area contributed by atoms with Crippen molar-refractivity contribution in [1.82, 2.24) is 4.98 Å². The molecule has 1 amide bonds. The summed E-state index contributed by atoms with van der Waals surface area (Å²) in [5, 5.41) is 3.50. The first-order valence-electron chi connectivity index (χ1n) is 6.90. The maximum atomic E-state index is 13.0. The molecule has 5 nitrogen and oxygen atoms in total. The van der Waals surface area contributed by atoms with Gasteiger partial charge in [0.15, 0.2) is 11.5 Å². The van der Waals surface area contributed by atoms with Crippen molar-refractivity contribution in [1.29, 1.82) is 0 Å². The molecule has 0 saturated heterocycles. The summed E-state index contributed by atoms with van der Waals surface area (Å²) in [5.41, 5.74) is 1.45. The zero-order chi connectivity index (χ0) is 16.9. The molecular formula is C16H9BrF2N2O3. The highest BCUT2D eigenvalue weighted by Crippen LogP contribution is 2.42. The van der Waals surface area contributed by atoms with E-state index in [0.29, 0.717) is 15.9 Å². The minimum Gasteiger partial charge on any atom is -0.395 e. The zero-order valence-corrected chi connectivity index (χ0v) is 13.5. The average Bonchev–Trinajstić information content (AvgIpc) is 3.03. The molecule has 8 heteroatoms. The molecular weight excluding hydrogens is 386 g/mol. The number of amides is 1. The van der Waals surface area contributed by atoms with Crippen molar-refractivity contribution >= 4 is 38.4 Å². The van der Waals surface area contributed by atoms with Crippen molar-refractivity contribution in [3.63, 3.8) is 0 Å². The van der Waals surface area contributed by atoms with Gasteiger partial charge in [0.1, 0.15) is 5.69 Å². The van der Waals surface area contributed by atoms with E-state index in [-0.39, 0.29) is 11.5 Å². The molecule has 0 saturated carbocycles. The predicted octanol–water partition coefficient (Wildman–Crippen LogP) is 4.50. The van der Waals surface area contributed by atoms with Gasteiger partial charge in [0.25, 0.3) is 5.91 Å². The van der Waals surface area contributed by atoms with Crippen molar-refractivity contribution in [3.8, 4) is 11.5 Å². The van der Waals surface area contributed by atoms with Crippen LogP contribution in [0.5, 0.6) is 11.5 Å².